The number of amides is 2. The molecule has 0 saturated carbocycles. The molecule has 1 saturated heterocycles. The van der Waals surface area contributed by atoms with Crippen molar-refractivity contribution in [3.63, 3.8) is 0 Å². The number of nitrogens with zero attached hydrogens (tertiary/aromatic N) is 1. The molecule has 0 aliphatic carbocycles. The minimum Gasteiger partial charge on any atom is -0.352 e. The first-order valence-electron chi connectivity index (χ1n) is 10.5. The first-order chi connectivity index (χ1) is 15.1. The summed E-state index contributed by atoms with van der Waals surface area (Å²) in [6.07, 6.45) is 0.645. The Morgan fingerprint density at radius 2 is 1.52 bits per heavy atom. The highest BCUT2D eigenvalue weighted by Gasteiger charge is 2.35. The van der Waals surface area contributed by atoms with Crippen LogP contribution >= 0.6 is 0 Å². The van der Waals surface area contributed by atoms with Crippen molar-refractivity contribution in [3.05, 3.63) is 107 Å². The Hall–Kier alpha value is -3.47. The Balaban J connectivity index is 1.54. The number of piperidine rings is 1. The minimum absolute atomic E-state index is 0.0122. The second-order valence-electron chi connectivity index (χ2n) is 7.93. The van der Waals surface area contributed by atoms with Crippen LogP contribution in [0, 0.1) is 11.7 Å². The number of halogens is 1. The molecule has 3 aromatic carbocycles. The fourth-order valence-corrected chi connectivity index (χ4v) is 4.16. The Morgan fingerprint density at radius 1 is 0.871 bits per heavy atom. The Morgan fingerprint density at radius 3 is 2.23 bits per heavy atom. The van der Waals surface area contributed by atoms with Gasteiger partial charge in [0.05, 0.1) is 11.5 Å². The van der Waals surface area contributed by atoms with Gasteiger partial charge in [0.1, 0.15) is 5.82 Å². The normalized spacial score (nSPS) is 18.4. The van der Waals surface area contributed by atoms with E-state index in [9.17, 15) is 14.0 Å². The van der Waals surface area contributed by atoms with Crippen LogP contribution < -0.4 is 5.32 Å². The summed E-state index contributed by atoms with van der Waals surface area (Å²) in [5.74, 6) is -1.36. The summed E-state index contributed by atoms with van der Waals surface area (Å²) < 4.78 is 14.3. The van der Waals surface area contributed by atoms with Crippen molar-refractivity contribution < 1.29 is 14.0 Å². The zero-order valence-corrected chi connectivity index (χ0v) is 17.2. The maximum absolute atomic E-state index is 14.3. The summed E-state index contributed by atoms with van der Waals surface area (Å²) in [4.78, 5) is 27.7. The van der Waals surface area contributed by atoms with Gasteiger partial charge < -0.3 is 10.2 Å². The lowest BCUT2D eigenvalue weighted by Gasteiger charge is -2.37. The van der Waals surface area contributed by atoms with Crippen molar-refractivity contribution in [1.82, 2.24) is 10.2 Å². The van der Waals surface area contributed by atoms with Gasteiger partial charge in [0.25, 0.3) is 5.91 Å². The van der Waals surface area contributed by atoms with E-state index in [0.29, 0.717) is 19.5 Å². The number of benzene rings is 3. The molecule has 31 heavy (non-hydrogen) atoms. The fraction of sp³-hybridized carbons (Fsp3) is 0.231. The monoisotopic (exact) mass is 416 g/mol. The third-order valence-electron chi connectivity index (χ3n) is 5.79. The van der Waals surface area contributed by atoms with Gasteiger partial charge in [-0.2, -0.15) is 0 Å². The first-order valence-corrected chi connectivity index (χ1v) is 10.5. The lowest BCUT2D eigenvalue weighted by molar-refractivity contribution is -0.126. The third kappa shape index (κ3) is 5.00. The van der Waals surface area contributed by atoms with Crippen molar-refractivity contribution in [1.29, 1.82) is 0 Å². The van der Waals surface area contributed by atoms with E-state index >= 15 is 0 Å². The lowest BCUT2D eigenvalue weighted by atomic mass is 9.83. The van der Waals surface area contributed by atoms with Crippen LogP contribution in [0.25, 0.3) is 0 Å². The largest absolute Gasteiger partial charge is 0.352 e. The van der Waals surface area contributed by atoms with Crippen molar-refractivity contribution in [2.24, 2.45) is 5.92 Å². The highest BCUT2D eigenvalue weighted by atomic mass is 19.1. The topological polar surface area (TPSA) is 49.4 Å². The SMILES string of the molecule is O=C(NCc1ccccc1)C1CC(c2ccccc2)CN(C(=O)c2ccccc2F)C1. The molecule has 3 aromatic rings. The van der Waals surface area contributed by atoms with Crippen LogP contribution in [0.2, 0.25) is 0 Å². The van der Waals surface area contributed by atoms with E-state index in [1.165, 1.54) is 12.1 Å². The molecule has 2 atom stereocenters. The highest BCUT2D eigenvalue weighted by molar-refractivity contribution is 5.95. The molecule has 1 heterocycles. The van der Waals surface area contributed by atoms with E-state index in [0.717, 1.165) is 11.1 Å². The summed E-state index contributed by atoms with van der Waals surface area (Å²) in [7, 11) is 0. The molecule has 1 fully saturated rings. The van der Waals surface area contributed by atoms with E-state index in [4.69, 9.17) is 0 Å². The van der Waals surface area contributed by atoms with E-state index < -0.39 is 5.82 Å². The molecule has 0 radical (unpaired) electrons. The van der Waals surface area contributed by atoms with Gasteiger partial charge in [0.2, 0.25) is 5.91 Å². The molecule has 0 bridgehead atoms. The number of likely N-dealkylation sites (tertiary alicyclic amines) is 1. The summed E-state index contributed by atoms with van der Waals surface area (Å²) in [6, 6.07) is 25.6. The number of hydrogen-bond acceptors (Lipinski definition) is 2. The molecule has 1 aliphatic rings. The van der Waals surface area contributed by atoms with Gasteiger partial charge in [0, 0.05) is 25.6 Å². The number of carbonyl (C=O) groups excluding carboxylic acids is 2. The van der Waals surface area contributed by atoms with Crippen LogP contribution in [0.1, 0.15) is 33.8 Å². The van der Waals surface area contributed by atoms with Gasteiger partial charge in [-0.1, -0.05) is 72.8 Å². The number of rotatable bonds is 5. The maximum atomic E-state index is 14.3. The summed E-state index contributed by atoms with van der Waals surface area (Å²) in [6.45, 7) is 1.17. The molecule has 4 nitrogen and oxygen atoms in total. The van der Waals surface area contributed by atoms with Gasteiger partial charge in [-0.05, 0) is 29.7 Å². The smallest absolute Gasteiger partial charge is 0.256 e. The standard InChI is InChI=1S/C26H25FN2O2/c27-24-14-8-7-13-23(24)26(31)29-17-21(20-11-5-2-6-12-20)15-22(18-29)25(30)28-16-19-9-3-1-4-10-19/h1-14,21-22H,15-18H2,(H,28,30). The van der Waals surface area contributed by atoms with Gasteiger partial charge in [0.15, 0.2) is 0 Å². The Kier molecular flexibility index (Phi) is 6.41. The average molecular weight is 416 g/mol. The van der Waals surface area contributed by atoms with E-state index in [1.807, 2.05) is 60.7 Å². The molecular formula is C26H25FN2O2. The zero-order chi connectivity index (χ0) is 21.6. The van der Waals surface area contributed by atoms with Crippen LogP contribution in [0.4, 0.5) is 4.39 Å². The summed E-state index contributed by atoms with van der Waals surface area (Å²) in [5.41, 5.74) is 2.14. The van der Waals surface area contributed by atoms with Gasteiger partial charge in [-0.25, -0.2) is 4.39 Å². The molecule has 158 valence electrons. The van der Waals surface area contributed by atoms with Crippen molar-refractivity contribution in [2.75, 3.05) is 13.1 Å². The minimum atomic E-state index is -0.542. The molecule has 2 amide bonds. The van der Waals surface area contributed by atoms with Crippen molar-refractivity contribution in [2.45, 2.75) is 18.9 Å². The van der Waals surface area contributed by atoms with Crippen LogP contribution in [0.5, 0.6) is 0 Å². The quantitative estimate of drug-likeness (QED) is 0.671. The molecule has 0 aromatic heterocycles. The average Bonchev–Trinajstić information content (AvgIpc) is 2.83. The third-order valence-corrected chi connectivity index (χ3v) is 5.79. The number of nitrogens with one attached hydrogen (secondary N) is 1. The van der Waals surface area contributed by atoms with Crippen LogP contribution in [-0.2, 0) is 11.3 Å². The zero-order valence-electron chi connectivity index (χ0n) is 17.2. The van der Waals surface area contributed by atoms with Crippen molar-refractivity contribution in [3.8, 4) is 0 Å². The van der Waals surface area contributed by atoms with E-state index in [2.05, 4.69) is 5.32 Å². The predicted octanol–water partition coefficient (Wildman–Crippen LogP) is 4.39. The Labute approximate surface area is 181 Å². The van der Waals surface area contributed by atoms with Crippen LogP contribution in [0.15, 0.2) is 84.9 Å². The van der Waals surface area contributed by atoms with Gasteiger partial charge in [-0.3, -0.25) is 9.59 Å². The Bertz CT molecular complexity index is 1040. The lowest BCUT2D eigenvalue weighted by Crippen LogP contribution is -2.48. The first kappa shape index (κ1) is 20.8. The molecule has 4 rings (SSSR count). The number of hydrogen-bond donors (Lipinski definition) is 1. The molecular weight excluding hydrogens is 391 g/mol. The molecule has 5 heteroatoms. The predicted molar refractivity (Wildman–Crippen MR) is 118 cm³/mol. The second kappa shape index (κ2) is 9.56. The molecule has 2 unspecified atom stereocenters. The van der Waals surface area contributed by atoms with E-state index in [-0.39, 0.29) is 35.8 Å². The highest BCUT2D eigenvalue weighted by Crippen LogP contribution is 2.31. The number of carbonyl (C=O) groups is 2. The molecule has 1 aliphatic heterocycles. The second-order valence-corrected chi connectivity index (χ2v) is 7.93. The van der Waals surface area contributed by atoms with Crippen LogP contribution in [0.3, 0.4) is 0 Å². The van der Waals surface area contributed by atoms with E-state index in [1.54, 1.807) is 17.0 Å². The molecule has 1 N–H and O–H groups in total. The van der Waals surface area contributed by atoms with Gasteiger partial charge in [-0.15, -0.1) is 0 Å². The summed E-state index contributed by atoms with van der Waals surface area (Å²) in [5, 5.41) is 3.00. The fourth-order valence-electron chi connectivity index (χ4n) is 4.16. The van der Waals surface area contributed by atoms with Crippen molar-refractivity contribution >= 4 is 11.8 Å². The maximum Gasteiger partial charge on any atom is 0.256 e. The molecule has 0 spiro atoms. The van der Waals surface area contributed by atoms with Crippen LogP contribution in [-0.4, -0.2) is 29.8 Å². The summed E-state index contributed by atoms with van der Waals surface area (Å²) >= 11 is 0. The van der Waals surface area contributed by atoms with Gasteiger partial charge >= 0.3 is 0 Å².